The second kappa shape index (κ2) is 4.76. The molecule has 5 heteroatoms. The lowest BCUT2D eigenvalue weighted by Gasteiger charge is -2.26. The number of ether oxygens (including phenoxy) is 1. The summed E-state index contributed by atoms with van der Waals surface area (Å²) in [6.07, 6.45) is 0. The first-order valence-electron chi connectivity index (χ1n) is 4.45. The Hall–Kier alpha value is -1.36. The molecule has 0 saturated carbocycles. The number of morpholine rings is 1. The smallest absolute Gasteiger partial charge is 0.324 e. The monoisotopic (exact) mass is 198 g/mol. The molecule has 0 aromatic carbocycles. The molecule has 0 aromatic rings. The van der Waals surface area contributed by atoms with Gasteiger partial charge in [-0.25, -0.2) is 4.79 Å². The summed E-state index contributed by atoms with van der Waals surface area (Å²) in [4.78, 5) is 24.1. The van der Waals surface area contributed by atoms with E-state index in [0.29, 0.717) is 31.9 Å². The highest BCUT2D eigenvalue weighted by atomic mass is 16.5. The zero-order chi connectivity index (χ0) is 10.6. The van der Waals surface area contributed by atoms with Crippen molar-refractivity contribution in [3.63, 3.8) is 0 Å². The van der Waals surface area contributed by atoms with Gasteiger partial charge in [-0.15, -0.1) is 0 Å². The molecule has 0 radical (unpaired) electrons. The van der Waals surface area contributed by atoms with Crippen molar-refractivity contribution in [2.75, 3.05) is 26.3 Å². The van der Waals surface area contributed by atoms with Crippen molar-refractivity contribution in [3.05, 3.63) is 12.2 Å². The molecule has 0 bridgehead atoms. The molecule has 14 heavy (non-hydrogen) atoms. The third-order valence-corrected chi connectivity index (χ3v) is 1.91. The number of nitrogens with one attached hydrogen (secondary N) is 1. The summed E-state index contributed by atoms with van der Waals surface area (Å²) < 4.78 is 5.08. The Labute approximate surface area is 82.7 Å². The maximum absolute atomic E-state index is 11.4. The van der Waals surface area contributed by atoms with Crippen LogP contribution in [0.1, 0.15) is 6.92 Å². The largest absolute Gasteiger partial charge is 0.378 e. The average Bonchev–Trinajstić information content (AvgIpc) is 2.19. The summed E-state index contributed by atoms with van der Waals surface area (Å²) in [5.74, 6) is -0.429. The highest BCUT2D eigenvalue weighted by molar-refractivity contribution is 6.02. The first-order valence-corrected chi connectivity index (χ1v) is 4.45. The lowest BCUT2D eigenvalue weighted by molar-refractivity contribution is -0.116. The van der Waals surface area contributed by atoms with E-state index in [4.69, 9.17) is 4.74 Å². The first-order chi connectivity index (χ1) is 6.61. The Morgan fingerprint density at radius 3 is 2.43 bits per heavy atom. The molecule has 1 fully saturated rings. The van der Waals surface area contributed by atoms with Crippen LogP contribution >= 0.6 is 0 Å². The fraction of sp³-hybridized carbons (Fsp3) is 0.556. The third kappa shape index (κ3) is 2.85. The molecule has 1 rings (SSSR count). The van der Waals surface area contributed by atoms with Crippen LogP contribution in [0.15, 0.2) is 12.2 Å². The summed E-state index contributed by atoms with van der Waals surface area (Å²) in [7, 11) is 0. The Bertz CT molecular complexity index is 257. The standard InChI is InChI=1S/C9H14N2O3/c1-7(2)8(12)10-9(13)11-3-5-14-6-4-11/h1,3-6H2,2H3,(H,10,12,13). The molecule has 0 unspecified atom stereocenters. The van der Waals surface area contributed by atoms with Gasteiger partial charge in [0.25, 0.3) is 5.91 Å². The van der Waals surface area contributed by atoms with Crippen LogP contribution < -0.4 is 5.32 Å². The van der Waals surface area contributed by atoms with Crippen molar-refractivity contribution in [1.82, 2.24) is 10.2 Å². The van der Waals surface area contributed by atoms with Crippen LogP contribution in [-0.2, 0) is 9.53 Å². The topological polar surface area (TPSA) is 58.6 Å². The van der Waals surface area contributed by atoms with E-state index in [0.717, 1.165) is 0 Å². The van der Waals surface area contributed by atoms with Crippen molar-refractivity contribution in [2.24, 2.45) is 0 Å². The molecular formula is C9H14N2O3. The first kappa shape index (κ1) is 10.7. The summed E-state index contributed by atoms with van der Waals surface area (Å²) >= 11 is 0. The van der Waals surface area contributed by atoms with Gasteiger partial charge in [-0.05, 0) is 6.92 Å². The number of rotatable bonds is 1. The molecule has 0 atom stereocenters. The van der Waals surface area contributed by atoms with Gasteiger partial charge in [0.15, 0.2) is 0 Å². The maximum Gasteiger partial charge on any atom is 0.324 e. The predicted molar refractivity (Wildman–Crippen MR) is 50.7 cm³/mol. The van der Waals surface area contributed by atoms with E-state index in [1.165, 1.54) is 0 Å². The molecule has 3 amide bonds. The highest BCUT2D eigenvalue weighted by Gasteiger charge is 2.18. The SMILES string of the molecule is C=C(C)C(=O)NC(=O)N1CCOCC1. The van der Waals surface area contributed by atoms with E-state index in [1.807, 2.05) is 0 Å². The van der Waals surface area contributed by atoms with Gasteiger partial charge >= 0.3 is 6.03 Å². The minimum atomic E-state index is -0.429. The van der Waals surface area contributed by atoms with E-state index in [-0.39, 0.29) is 6.03 Å². The Kier molecular flexibility index (Phi) is 3.64. The summed E-state index contributed by atoms with van der Waals surface area (Å²) in [6, 6.07) is -0.374. The normalized spacial score (nSPS) is 16.2. The summed E-state index contributed by atoms with van der Waals surface area (Å²) in [5.41, 5.74) is 0.326. The van der Waals surface area contributed by atoms with Gasteiger partial charge < -0.3 is 9.64 Å². The average molecular weight is 198 g/mol. The quantitative estimate of drug-likeness (QED) is 0.609. The Morgan fingerprint density at radius 2 is 1.93 bits per heavy atom. The molecule has 1 heterocycles. The van der Waals surface area contributed by atoms with Crippen LogP contribution in [0.5, 0.6) is 0 Å². The van der Waals surface area contributed by atoms with Crippen LogP contribution in [-0.4, -0.2) is 43.1 Å². The third-order valence-electron chi connectivity index (χ3n) is 1.91. The van der Waals surface area contributed by atoms with Gasteiger partial charge in [0.1, 0.15) is 0 Å². The fourth-order valence-corrected chi connectivity index (χ4v) is 1.05. The number of hydrogen-bond acceptors (Lipinski definition) is 3. The van der Waals surface area contributed by atoms with Gasteiger partial charge in [-0.1, -0.05) is 6.58 Å². The van der Waals surface area contributed by atoms with Crippen LogP contribution in [0.2, 0.25) is 0 Å². The second-order valence-electron chi connectivity index (χ2n) is 3.14. The lowest BCUT2D eigenvalue weighted by Crippen LogP contribution is -2.48. The number of hydrogen-bond donors (Lipinski definition) is 1. The molecule has 5 nitrogen and oxygen atoms in total. The number of amides is 3. The molecule has 1 saturated heterocycles. The minimum absolute atomic E-state index is 0.326. The van der Waals surface area contributed by atoms with Gasteiger partial charge in [-0.2, -0.15) is 0 Å². The zero-order valence-corrected chi connectivity index (χ0v) is 8.21. The van der Waals surface area contributed by atoms with Crippen LogP contribution in [0.25, 0.3) is 0 Å². The van der Waals surface area contributed by atoms with Crippen molar-refractivity contribution in [3.8, 4) is 0 Å². The highest BCUT2D eigenvalue weighted by Crippen LogP contribution is 1.97. The van der Waals surface area contributed by atoms with E-state index in [2.05, 4.69) is 11.9 Å². The van der Waals surface area contributed by atoms with E-state index in [1.54, 1.807) is 11.8 Å². The molecular weight excluding hydrogens is 184 g/mol. The van der Waals surface area contributed by atoms with Crippen LogP contribution in [0, 0.1) is 0 Å². The second-order valence-corrected chi connectivity index (χ2v) is 3.14. The molecule has 0 aromatic heterocycles. The molecule has 1 aliphatic rings. The number of nitrogens with zero attached hydrogens (tertiary/aromatic N) is 1. The van der Waals surface area contributed by atoms with Crippen LogP contribution in [0.3, 0.4) is 0 Å². The molecule has 1 aliphatic heterocycles. The number of imide groups is 1. The van der Waals surface area contributed by atoms with Gasteiger partial charge in [0, 0.05) is 18.7 Å². The zero-order valence-electron chi connectivity index (χ0n) is 8.21. The summed E-state index contributed by atoms with van der Waals surface area (Å²) in [5, 5.41) is 2.24. The predicted octanol–water partition coefficient (Wildman–Crippen LogP) is 0.131. The fourth-order valence-electron chi connectivity index (χ4n) is 1.05. The Balaban J connectivity index is 2.40. The molecule has 0 spiro atoms. The van der Waals surface area contributed by atoms with Gasteiger partial charge in [-0.3, -0.25) is 10.1 Å². The lowest BCUT2D eigenvalue weighted by atomic mass is 10.3. The van der Waals surface area contributed by atoms with Crippen molar-refractivity contribution >= 4 is 11.9 Å². The molecule has 78 valence electrons. The van der Waals surface area contributed by atoms with Crippen LogP contribution in [0.4, 0.5) is 4.79 Å². The molecule has 0 aliphatic carbocycles. The summed E-state index contributed by atoms with van der Waals surface area (Å²) in [6.45, 7) is 7.09. The van der Waals surface area contributed by atoms with E-state index in [9.17, 15) is 9.59 Å². The van der Waals surface area contributed by atoms with E-state index >= 15 is 0 Å². The van der Waals surface area contributed by atoms with Crippen molar-refractivity contribution < 1.29 is 14.3 Å². The minimum Gasteiger partial charge on any atom is -0.378 e. The number of carbonyl (C=O) groups excluding carboxylic acids is 2. The van der Waals surface area contributed by atoms with Gasteiger partial charge in [0.05, 0.1) is 13.2 Å². The maximum atomic E-state index is 11.4. The van der Waals surface area contributed by atoms with E-state index < -0.39 is 5.91 Å². The van der Waals surface area contributed by atoms with Crippen molar-refractivity contribution in [1.29, 1.82) is 0 Å². The van der Waals surface area contributed by atoms with Crippen molar-refractivity contribution in [2.45, 2.75) is 6.92 Å². The number of carbonyl (C=O) groups is 2. The molecule has 1 N–H and O–H groups in total. The number of urea groups is 1. The van der Waals surface area contributed by atoms with Gasteiger partial charge in [0.2, 0.25) is 0 Å². The Morgan fingerprint density at radius 1 is 1.36 bits per heavy atom.